The fourth-order valence-corrected chi connectivity index (χ4v) is 2.22. The minimum atomic E-state index is -0.224. The maximum absolute atomic E-state index is 5.76. The van der Waals surface area contributed by atoms with Gasteiger partial charge in [0, 0.05) is 25.4 Å². The molecule has 0 aliphatic carbocycles. The van der Waals surface area contributed by atoms with Gasteiger partial charge in [0.05, 0.1) is 32.1 Å². The second kappa shape index (κ2) is 6.70. The zero-order valence-corrected chi connectivity index (χ0v) is 12.9. The Balaban J connectivity index is 2.36. The molecule has 3 N–H and O–H groups in total. The molecule has 0 bridgehead atoms. The number of nitrogens with two attached hydrogens (primary N) is 1. The van der Waals surface area contributed by atoms with Gasteiger partial charge in [-0.05, 0) is 14.1 Å². The number of ether oxygens (including phenoxy) is 1. The van der Waals surface area contributed by atoms with E-state index in [0.717, 1.165) is 24.3 Å². The molecule has 0 saturated carbocycles. The van der Waals surface area contributed by atoms with Crippen LogP contribution in [0.5, 0.6) is 5.75 Å². The lowest BCUT2D eigenvalue weighted by atomic mass is 10.1. The van der Waals surface area contributed by atoms with Crippen LogP contribution in [0.3, 0.4) is 0 Å². The Hall–Kier alpha value is -1.90. The second-order valence-corrected chi connectivity index (χ2v) is 5.17. The number of hydrogen-bond donors (Lipinski definition) is 2. The SMILES string of the molecule is COc1cnn(CCN(C)C)c1C(NN)c1cnn(C)c1. The Kier molecular flexibility index (Phi) is 4.94. The highest BCUT2D eigenvalue weighted by molar-refractivity contribution is 5.34. The van der Waals surface area contributed by atoms with Gasteiger partial charge in [-0.3, -0.25) is 15.2 Å². The molecule has 2 rings (SSSR count). The molecule has 0 aliphatic heterocycles. The van der Waals surface area contributed by atoms with Crippen molar-refractivity contribution < 1.29 is 4.74 Å². The van der Waals surface area contributed by atoms with Crippen LogP contribution in [0, 0.1) is 0 Å². The molecule has 1 unspecified atom stereocenters. The van der Waals surface area contributed by atoms with Crippen LogP contribution in [-0.2, 0) is 13.6 Å². The molecule has 21 heavy (non-hydrogen) atoms. The molecule has 0 aliphatic rings. The van der Waals surface area contributed by atoms with E-state index in [2.05, 4.69) is 20.5 Å². The van der Waals surface area contributed by atoms with E-state index in [0.29, 0.717) is 5.75 Å². The van der Waals surface area contributed by atoms with Gasteiger partial charge in [-0.15, -0.1) is 0 Å². The molecule has 0 amide bonds. The lowest BCUT2D eigenvalue weighted by Gasteiger charge is -2.19. The molecule has 116 valence electrons. The summed E-state index contributed by atoms with van der Waals surface area (Å²) < 4.78 is 9.08. The van der Waals surface area contributed by atoms with Gasteiger partial charge in [0.25, 0.3) is 0 Å². The zero-order chi connectivity index (χ0) is 15.4. The first-order valence-electron chi connectivity index (χ1n) is 6.76. The average Bonchev–Trinajstić information content (AvgIpc) is 3.05. The van der Waals surface area contributed by atoms with Crippen LogP contribution in [-0.4, -0.2) is 52.2 Å². The summed E-state index contributed by atoms with van der Waals surface area (Å²) in [6.45, 7) is 1.63. The molecule has 2 aromatic heterocycles. The third kappa shape index (κ3) is 3.41. The Morgan fingerprint density at radius 1 is 1.38 bits per heavy atom. The molecule has 8 nitrogen and oxygen atoms in total. The third-order valence-electron chi connectivity index (χ3n) is 3.32. The van der Waals surface area contributed by atoms with Gasteiger partial charge in [-0.1, -0.05) is 0 Å². The lowest BCUT2D eigenvalue weighted by molar-refractivity contribution is 0.359. The first-order chi connectivity index (χ1) is 10.1. The maximum Gasteiger partial charge on any atom is 0.161 e. The number of aromatic nitrogens is 4. The van der Waals surface area contributed by atoms with Crippen molar-refractivity contribution in [3.8, 4) is 5.75 Å². The van der Waals surface area contributed by atoms with E-state index in [9.17, 15) is 0 Å². The number of rotatable bonds is 7. The molecule has 0 radical (unpaired) electrons. The molecular formula is C13H23N7O. The van der Waals surface area contributed by atoms with Crippen molar-refractivity contribution in [1.29, 1.82) is 0 Å². The van der Waals surface area contributed by atoms with Crippen LogP contribution in [0.4, 0.5) is 0 Å². The normalized spacial score (nSPS) is 12.9. The first-order valence-corrected chi connectivity index (χ1v) is 6.76. The summed E-state index contributed by atoms with van der Waals surface area (Å²) in [5.41, 5.74) is 4.69. The van der Waals surface area contributed by atoms with Gasteiger partial charge in [0.2, 0.25) is 0 Å². The maximum atomic E-state index is 5.76. The van der Waals surface area contributed by atoms with Gasteiger partial charge in [-0.25, -0.2) is 5.43 Å². The van der Waals surface area contributed by atoms with Crippen molar-refractivity contribution >= 4 is 0 Å². The average molecular weight is 293 g/mol. The summed E-state index contributed by atoms with van der Waals surface area (Å²) in [5.74, 6) is 6.47. The number of hydrogen-bond acceptors (Lipinski definition) is 6. The van der Waals surface area contributed by atoms with Gasteiger partial charge in [0.15, 0.2) is 5.75 Å². The summed E-state index contributed by atoms with van der Waals surface area (Å²) in [5, 5.41) is 8.60. The van der Waals surface area contributed by atoms with Crippen molar-refractivity contribution in [3.05, 3.63) is 29.8 Å². The van der Waals surface area contributed by atoms with Crippen LogP contribution in [0.15, 0.2) is 18.6 Å². The van der Waals surface area contributed by atoms with E-state index in [1.165, 1.54) is 0 Å². The van der Waals surface area contributed by atoms with Gasteiger partial charge < -0.3 is 9.64 Å². The Labute approximate surface area is 124 Å². The smallest absolute Gasteiger partial charge is 0.161 e. The molecule has 0 fully saturated rings. The Bertz CT molecular complexity index is 575. The van der Waals surface area contributed by atoms with Crippen molar-refractivity contribution in [2.45, 2.75) is 12.6 Å². The predicted octanol–water partition coefficient (Wildman–Crippen LogP) is -0.260. The molecule has 1 atom stereocenters. The van der Waals surface area contributed by atoms with E-state index in [-0.39, 0.29) is 6.04 Å². The second-order valence-electron chi connectivity index (χ2n) is 5.17. The van der Waals surface area contributed by atoms with E-state index in [1.807, 2.05) is 32.0 Å². The van der Waals surface area contributed by atoms with Gasteiger partial charge >= 0.3 is 0 Å². The summed E-state index contributed by atoms with van der Waals surface area (Å²) in [6.07, 6.45) is 5.42. The quantitative estimate of drug-likeness (QED) is 0.540. The largest absolute Gasteiger partial charge is 0.493 e. The topological polar surface area (TPSA) is 86.2 Å². The van der Waals surface area contributed by atoms with Gasteiger partial charge in [0.1, 0.15) is 5.69 Å². The monoisotopic (exact) mass is 293 g/mol. The summed E-state index contributed by atoms with van der Waals surface area (Å²) in [7, 11) is 7.56. The van der Waals surface area contributed by atoms with Gasteiger partial charge in [-0.2, -0.15) is 10.2 Å². The number of likely N-dealkylation sites (N-methyl/N-ethyl adjacent to an activating group) is 1. The van der Waals surface area contributed by atoms with Crippen molar-refractivity contribution in [3.63, 3.8) is 0 Å². The molecule has 0 aromatic carbocycles. The van der Waals surface area contributed by atoms with E-state index in [1.54, 1.807) is 24.2 Å². The highest BCUT2D eigenvalue weighted by Gasteiger charge is 2.23. The van der Waals surface area contributed by atoms with E-state index < -0.39 is 0 Å². The van der Waals surface area contributed by atoms with Crippen LogP contribution in [0.25, 0.3) is 0 Å². The van der Waals surface area contributed by atoms with Crippen molar-refractivity contribution in [2.24, 2.45) is 12.9 Å². The fraction of sp³-hybridized carbons (Fsp3) is 0.538. The number of nitrogens with one attached hydrogen (secondary N) is 1. The summed E-state index contributed by atoms with van der Waals surface area (Å²) in [4.78, 5) is 2.10. The van der Waals surface area contributed by atoms with Crippen LogP contribution >= 0.6 is 0 Å². The standard InChI is InChI=1S/C13H23N7O/c1-18(2)5-6-20-13(11(21-4)8-16-20)12(17-14)10-7-15-19(3)9-10/h7-9,12,17H,5-6,14H2,1-4H3. The highest BCUT2D eigenvalue weighted by atomic mass is 16.5. The van der Waals surface area contributed by atoms with Crippen molar-refractivity contribution in [1.82, 2.24) is 29.9 Å². The lowest BCUT2D eigenvalue weighted by Crippen LogP contribution is -2.31. The first kappa shape index (κ1) is 15.5. The van der Waals surface area contributed by atoms with Crippen LogP contribution in [0.1, 0.15) is 17.3 Å². The molecule has 0 spiro atoms. The Morgan fingerprint density at radius 2 is 2.14 bits per heavy atom. The van der Waals surface area contributed by atoms with E-state index >= 15 is 0 Å². The fourth-order valence-electron chi connectivity index (χ4n) is 2.22. The third-order valence-corrected chi connectivity index (χ3v) is 3.32. The Morgan fingerprint density at radius 3 is 2.67 bits per heavy atom. The number of hydrazine groups is 1. The molecule has 8 heteroatoms. The highest BCUT2D eigenvalue weighted by Crippen LogP contribution is 2.29. The molecule has 2 heterocycles. The summed E-state index contributed by atoms with van der Waals surface area (Å²) >= 11 is 0. The minimum Gasteiger partial charge on any atom is -0.493 e. The van der Waals surface area contributed by atoms with Crippen LogP contribution < -0.4 is 16.0 Å². The molecule has 0 saturated heterocycles. The minimum absolute atomic E-state index is 0.224. The van der Waals surface area contributed by atoms with E-state index in [4.69, 9.17) is 10.6 Å². The number of aryl methyl sites for hydroxylation is 1. The number of nitrogens with zero attached hydrogens (tertiary/aromatic N) is 5. The molecular weight excluding hydrogens is 270 g/mol. The zero-order valence-electron chi connectivity index (χ0n) is 12.9. The van der Waals surface area contributed by atoms with Crippen molar-refractivity contribution in [2.75, 3.05) is 27.7 Å². The summed E-state index contributed by atoms with van der Waals surface area (Å²) in [6, 6.07) is -0.224. The van der Waals surface area contributed by atoms with Crippen LogP contribution in [0.2, 0.25) is 0 Å². The molecule has 2 aromatic rings. The number of methoxy groups -OCH3 is 1. The predicted molar refractivity (Wildman–Crippen MR) is 79.7 cm³/mol.